The van der Waals surface area contributed by atoms with E-state index in [-0.39, 0.29) is 11.6 Å². The first-order chi connectivity index (χ1) is 14.5. The van der Waals surface area contributed by atoms with Gasteiger partial charge in [-0.25, -0.2) is 8.78 Å². The molecule has 1 N–H and O–H groups in total. The third kappa shape index (κ3) is 4.40. The summed E-state index contributed by atoms with van der Waals surface area (Å²) in [5.74, 6) is -3.06. The number of benzene rings is 2. The van der Waals surface area contributed by atoms with Gasteiger partial charge in [0.15, 0.2) is 12.2 Å². The number of para-hydroxylation sites is 2. The standard InChI is InChI=1S/C21H19F2N3O4/c22-14-5-6-15(23)17(11-14)24-19(27)12-29-20(28)13-7-9-26(10-8-13)21-25-16-3-1-2-4-18(16)30-21/h1-6,11,13H,7-10,12H2,(H,24,27). The van der Waals surface area contributed by atoms with Crippen LogP contribution in [0.5, 0.6) is 0 Å². The third-order valence-corrected chi connectivity index (χ3v) is 4.93. The molecule has 2 aromatic carbocycles. The average Bonchev–Trinajstić information content (AvgIpc) is 3.19. The normalized spacial score (nSPS) is 14.7. The van der Waals surface area contributed by atoms with Gasteiger partial charge in [-0.15, -0.1) is 0 Å². The van der Waals surface area contributed by atoms with Gasteiger partial charge >= 0.3 is 5.97 Å². The van der Waals surface area contributed by atoms with Gasteiger partial charge in [0.25, 0.3) is 11.9 Å². The van der Waals surface area contributed by atoms with Crippen LogP contribution in [0.2, 0.25) is 0 Å². The lowest BCUT2D eigenvalue weighted by atomic mass is 9.97. The number of hydrogen-bond acceptors (Lipinski definition) is 6. The number of nitrogens with zero attached hydrogens (tertiary/aromatic N) is 2. The van der Waals surface area contributed by atoms with Crippen LogP contribution in [0.1, 0.15) is 12.8 Å². The van der Waals surface area contributed by atoms with Crippen molar-refractivity contribution in [2.75, 3.05) is 29.9 Å². The van der Waals surface area contributed by atoms with Crippen LogP contribution < -0.4 is 10.2 Å². The number of aromatic nitrogens is 1. The van der Waals surface area contributed by atoms with Crippen molar-refractivity contribution in [2.45, 2.75) is 12.8 Å². The smallest absolute Gasteiger partial charge is 0.309 e. The van der Waals surface area contributed by atoms with Gasteiger partial charge in [0.05, 0.1) is 11.6 Å². The molecule has 0 atom stereocenters. The van der Waals surface area contributed by atoms with Gasteiger partial charge in [-0.3, -0.25) is 9.59 Å². The Bertz CT molecular complexity index is 1040. The summed E-state index contributed by atoms with van der Waals surface area (Å²) >= 11 is 0. The number of halogens is 2. The second-order valence-electron chi connectivity index (χ2n) is 7.01. The SMILES string of the molecule is O=C(COC(=O)C1CCN(c2nc3ccccc3o2)CC1)Nc1cc(F)ccc1F. The molecule has 1 aromatic heterocycles. The fraction of sp³-hybridized carbons (Fsp3) is 0.286. The van der Waals surface area contributed by atoms with Gasteiger partial charge < -0.3 is 19.4 Å². The lowest BCUT2D eigenvalue weighted by Crippen LogP contribution is -2.37. The van der Waals surface area contributed by atoms with Gasteiger partial charge in [-0.05, 0) is 37.1 Å². The summed E-state index contributed by atoms with van der Waals surface area (Å²) in [6.45, 7) is 0.556. The maximum absolute atomic E-state index is 13.6. The Morgan fingerprint density at radius 3 is 2.70 bits per heavy atom. The molecule has 1 aliphatic rings. The van der Waals surface area contributed by atoms with Crippen molar-refractivity contribution in [3.63, 3.8) is 0 Å². The van der Waals surface area contributed by atoms with Gasteiger partial charge in [-0.1, -0.05) is 12.1 Å². The molecule has 0 spiro atoms. The first kappa shape index (κ1) is 19.8. The number of rotatable bonds is 5. The number of hydrogen-bond donors (Lipinski definition) is 1. The molecular weight excluding hydrogens is 396 g/mol. The number of fused-ring (bicyclic) bond motifs is 1. The number of carbonyl (C=O) groups is 2. The zero-order valence-electron chi connectivity index (χ0n) is 15.9. The van der Waals surface area contributed by atoms with Crippen LogP contribution in [0.25, 0.3) is 11.1 Å². The lowest BCUT2D eigenvalue weighted by molar-refractivity contribution is -0.152. The highest BCUT2D eigenvalue weighted by molar-refractivity contribution is 5.93. The van der Waals surface area contributed by atoms with E-state index < -0.39 is 30.1 Å². The molecule has 0 aliphatic carbocycles. The van der Waals surface area contributed by atoms with E-state index >= 15 is 0 Å². The summed E-state index contributed by atoms with van der Waals surface area (Å²) in [5, 5.41) is 2.19. The number of esters is 1. The van der Waals surface area contributed by atoms with Crippen LogP contribution in [-0.2, 0) is 14.3 Å². The summed E-state index contributed by atoms with van der Waals surface area (Å²) in [7, 11) is 0. The molecule has 4 rings (SSSR count). The predicted molar refractivity (Wildman–Crippen MR) is 105 cm³/mol. The van der Waals surface area contributed by atoms with Crippen LogP contribution in [0.3, 0.4) is 0 Å². The largest absolute Gasteiger partial charge is 0.455 e. The molecule has 2 heterocycles. The molecule has 9 heteroatoms. The van der Waals surface area contributed by atoms with Crippen LogP contribution in [0.15, 0.2) is 46.9 Å². The highest BCUT2D eigenvalue weighted by Crippen LogP contribution is 2.26. The van der Waals surface area contributed by atoms with Crippen molar-refractivity contribution in [3.05, 3.63) is 54.1 Å². The molecule has 156 valence electrons. The van der Waals surface area contributed by atoms with E-state index in [4.69, 9.17) is 9.15 Å². The number of ether oxygens (including phenoxy) is 1. The topological polar surface area (TPSA) is 84.7 Å². The Balaban J connectivity index is 1.26. The van der Waals surface area contributed by atoms with Crippen molar-refractivity contribution in [2.24, 2.45) is 5.92 Å². The molecular formula is C21H19F2N3O4. The minimum atomic E-state index is -0.775. The van der Waals surface area contributed by atoms with Gasteiger partial charge in [0.1, 0.15) is 17.2 Å². The lowest BCUT2D eigenvalue weighted by Gasteiger charge is -2.29. The summed E-state index contributed by atoms with van der Waals surface area (Å²) in [5.41, 5.74) is 1.17. The van der Waals surface area contributed by atoms with Crippen LogP contribution in [0, 0.1) is 17.6 Å². The van der Waals surface area contributed by atoms with E-state index in [1.165, 1.54) is 0 Å². The molecule has 0 saturated carbocycles. The predicted octanol–water partition coefficient (Wildman–Crippen LogP) is 3.50. The molecule has 7 nitrogen and oxygen atoms in total. The van der Waals surface area contributed by atoms with Crippen molar-refractivity contribution < 1.29 is 27.5 Å². The fourth-order valence-electron chi connectivity index (χ4n) is 3.34. The number of carbonyl (C=O) groups excluding carboxylic acids is 2. The molecule has 30 heavy (non-hydrogen) atoms. The van der Waals surface area contributed by atoms with E-state index in [9.17, 15) is 18.4 Å². The minimum absolute atomic E-state index is 0.303. The number of piperidine rings is 1. The summed E-state index contributed by atoms with van der Waals surface area (Å²) in [6, 6.07) is 10.7. The second kappa shape index (κ2) is 8.48. The number of amides is 1. The first-order valence-electron chi connectivity index (χ1n) is 9.51. The monoisotopic (exact) mass is 415 g/mol. The van der Waals surface area contributed by atoms with Gasteiger partial charge in [0.2, 0.25) is 0 Å². The average molecular weight is 415 g/mol. The highest BCUT2D eigenvalue weighted by Gasteiger charge is 2.28. The minimum Gasteiger partial charge on any atom is -0.455 e. The second-order valence-corrected chi connectivity index (χ2v) is 7.01. The number of nitrogens with one attached hydrogen (secondary N) is 1. The zero-order chi connectivity index (χ0) is 21.1. The molecule has 3 aromatic rings. The maximum atomic E-state index is 13.6. The Morgan fingerprint density at radius 1 is 1.17 bits per heavy atom. The summed E-state index contributed by atoms with van der Waals surface area (Å²) < 4.78 is 37.5. The molecule has 1 saturated heterocycles. The fourth-order valence-corrected chi connectivity index (χ4v) is 3.34. The molecule has 0 unspecified atom stereocenters. The molecule has 0 radical (unpaired) electrons. The van der Waals surface area contributed by atoms with Crippen molar-refractivity contribution in [1.29, 1.82) is 0 Å². The molecule has 0 bridgehead atoms. The van der Waals surface area contributed by atoms with E-state index in [0.717, 1.165) is 23.7 Å². The third-order valence-electron chi connectivity index (χ3n) is 4.93. The first-order valence-corrected chi connectivity index (χ1v) is 9.51. The van der Waals surface area contributed by atoms with Crippen molar-refractivity contribution in [1.82, 2.24) is 4.98 Å². The molecule has 1 amide bonds. The van der Waals surface area contributed by atoms with Gasteiger partial charge in [0, 0.05) is 19.2 Å². The zero-order valence-corrected chi connectivity index (χ0v) is 15.9. The number of oxazole rings is 1. The van der Waals surface area contributed by atoms with E-state index in [2.05, 4.69) is 10.3 Å². The summed E-state index contributed by atoms with van der Waals surface area (Å²) in [6.07, 6.45) is 1.05. The van der Waals surface area contributed by atoms with Crippen LogP contribution in [0.4, 0.5) is 20.5 Å². The van der Waals surface area contributed by atoms with Gasteiger partial charge in [-0.2, -0.15) is 4.98 Å². The Hall–Kier alpha value is -3.49. The van der Waals surface area contributed by atoms with E-state index in [0.29, 0.717) is 37.5 Å². The van der Waals surface area contributed by atoms with Crippen LogP contribution in [-0.4, -0.2) is 36.6 Å². The Kier molecular flexibility index (Phi) is 5.60. The Labute approximate surface area is 170 Å². The number of anilines is 2. The molecule has 1 aliphatic heterocycles. The Morgan fingerprint density at radius 2 is 1.93 bits per heavy atom. The van der Waals surface area contributed by atoms with E-state index in [1.54, 1.807) is 0 Å². The summed E-state index contributed by atoms with van der Waals surface area (Å²) in [4.78, 5) is 30.6. The highest BCUT2D eigenvalue weighted by atomic mass is 19.1. The quantitative estimate of drug-likeness (QED) is 0.642. The van der Waals surface area contributed by atoms with Crippen molar-refractivity contribution >= 4 is 34.7 Å². The van der Waals surface area contributed by atoms with E-state index in [1.807, 2.05) is 29.2 Å². The maximum Gasteiger partial charge on any atom is 0.309 e. The van der Waals surface area contributed by atoms with Crippen molar-refractivity contribution in [3.8, 4) is 0 Å². The molecule has 1 fully saturated rings. The van der Waals surface area contributed by atoms with Crippen LogP contribution >= 0.6 is 0 Å².